The number of nitrogens with one attached hydrogen (secondary N) is 1. The molecule has 0 radical (unpaired) electrons. The van der Waals surface area contributed by atoms with Crippen LogP contribution in [0.1, 0.15) is 29.0 Å². The van der Waals surface area contributed by atoms with Crippen molar-refractivity contribution in [2.75, 3.05) is 14.2 Å². The van der Waals surface area contributed by atoms with E-state index in [1.807, 2.05) is 54.6 Å². The lowest BCUT2D eigenvalue weighted by Gasteiger charge is -2.41. The molecule has 7 heteroatoms. The van der Waals surface area contributed by atoms with Crippen molar-refractivity contribution in [3.05, 3.63) is 87.9 Å². The summed E-state index contributed by atoms with van der Waals surface area (Å²) in [6.45, 7) is 0. The van der Waals surface area contributed by atoms with Gasteiger partial charge >= 0.3 is 0 Å². The average molecular weight is 510 g/mol. The minimum Gasteiger partial charge on any atom is -0.496 e. The standard InChI is InChI=1S/C26H24BrNO5/c1-31-19-12-21(32-2)24-22(13-19)33-26(17-8-10-18(27)11-9-17)20(16-6-4-3-5-7-16)14-23(28-15-29)25(24,26)30/h3-13,15,20,23,30H,14H2,1-2H3,(H,28,29)/t20-,23-,25+,26-/m1/s1. The van der Waals surface area contributed by atoms with Gasteiger partial charge in [0.15, 0.2) is 11.2 Å². The molecule has 5 rings (SSSR count). The number of hydrogen-bond acceptors (Lipinski definition) is 5. The van der Waals surface area contributed by atoms with Crippen molar-refractivity contribution in [1.82, 2.24) is 5.32 Å². The molecule has 2 aliphatic rings. The first-order valence-corrected chi connectivity index (χ1v) is 11.5. The summed E-state index contributed by atoms with van der Waals surface area (Å²) >= 11 is 3.51. The maximum atomic E-state index is 12.7. The highest BCUT2D eigenvalue weighted by Gasteiger charge is 2.73. The number of halogens is 1. The molecule has 2 N–H and O–H groups in total. The molecule has 0 unspecified atom stereocenters. The van der Waals surface area contributed by atoms with Gasteiger partial charge in [0.1, 0.15) is 17.2 Å². The van der Waals surface area contributed by atoms with E-state index in [2.05, 4.69) is 21.2 Å². The van der Waals surface area contributed by atoms with Gasteiger partial charge in [0.2, 0.25) is 6.41 Å². The van der Waals surface area contributed by atoms with Crippen LogP contribution in [0.4, 0.5) is 0 Å². The monoisotopic (exact) mass is 509 g/mol. The van der Waals surface area contributed by atoms with E-state index in [1.165, 1.54) is 0 Å². The number of fused-ring (bicyclic) bond motifs is 3. The number of aliphatic hydroxyl groups is 1. The predicted octanol–water partition coefficient (Wildman–Crippen LogP) is 4.24. The molecule has 3 aromatic carbocycles. The Balaban J connectivity index is 1.84. The van der Waals surface area contributed by atoms with Crippen molar-refractivity contribution < 1.29 is 24.1 Å². The Morgan fingerprint density at radius 1 is 1.09 bits per heavy atom. The highest BCUT2D eigenvalue weighted by molar-refractivity contribution is 9.10. The quantitative estimate of drug-likeness (QED) is 0.486. The minimum absolute atomic E-state index is 0.259. The summed E-state index contributed by atoms with van der Waals surface area (Å²) in [4.78, 5) is 11.7. The van der Waals surface area contributed by atoms with Gasteiger partial charge in [0, 0.05) is 22.5 Å². The second-order valence-electron chi connectivity index (χ2n) is 8.35. The molecule has 0 aromatic heterocycles. The summed E-state index contributed by atoms with van der Waals surface area (Å²) in [5, 5.41) is 15.6. The van der Waals surface area contributed by atoms with Crippen molar-refractivity contribution in [1.29, 1.82) is 0 Å². The number of amides is 1. The zero-order valence-corrected chi connectivity index (χ0v) is 19.8. The third-order valence-corrected chi connectivity index (χ3v) is 7.45. The van der Waals surface area contributed by atoms with Crippen LogP contribution in [-0.4, -0.2) is 31.8 Å². The molecule has 1 amide bonds. The number of carbonyl (C=O) groups excluding carboxylic acids is 1. The fraction of sp³-hybridized carbons (Fsp3) is 0.269. The number of methoxy groups -OCH3 is 2. The lowest BCUT2D eigenvalue weighted by atomic mass is 9.71. The van der Waals surface area contributed by atoms with Crippen molar-refractivity contribution in [2.45, 2.75) is 29.6 Å². The summed E-state index contributed by atoms with van der Waals surface area (Å²) in [5.41, 5.74) is -0.499. The maximum absolute atomic E-state index is 12.7. The molecule has 1 fully saturated rings. The van der Waals surface area contributed by atoms with Crippen LogP contribution in [0.5, 0.6) is 17.2 Å². The molecule has 0 spiro atoms. The molecule has 0 saturated heterocycles. The van der Waals surface area contributed by atoms with E-state index in [0.29, 0.717) is 35.6 Å². The Hall–Kier alpha value is -3.03. The zero-order chi connectivity index (χ0) is 23.2. The van der Waals surface area contributed by atoms with Gasteiger partial charge in [-0.2, -0.15) is 0 Å². The summed E-state index contributed by atoms with van der Waals surface area (Å²) in [5.74, 6) is 1.20. The summed E-state index contributed by atoms with van der Waals surface area (Å²) in [6, 6.07) is 20.6. The van der Waals surface area contributed by atoms with Gasteiger partial charge in [-0.1, -0.05) is 58.4 Å². The molecule has 6 nitrogen and oxygen atoms in total. The van der Waals surface area contributed by atoms with Crippen molar-refractivity contribution in [3.8, 4) is 17.2 Å². The Kier molecular flexibility index (Phi) is 5.34. The number of hydrogen-bond donors (Lipinski definition) is 2. The Labute approximate surface area is 200 Å². The van der Waals surface area contributed by atoms with Crippen LogP contribution in [0, 0.1) is 0 Å². The van der Waals surface area contributed by atoms with Crippen LogP contribution >= 0.6 is 15.9 Å². The second-order valence-corrected chi connectivity index (χ2v) is 9.27. The molecular weight excluding hydrogens is 486 g/mol. The number of benzene rings is 3. The highest BCUT2D eigenvalue weighted by atomic mass is 79.9. The van der Waals surface area contributed by atoms with Crippen LogP contribution in [0.25, 0.3) is 0 Å². The molecule has 170 valence electrons. The van der Waals surface area contributed by atoms with Gasteiger partial charge in [0.05, 0.1) is 25.8 Å². The molecule has 1 aliphatic heterocycles. The largest absolute Gasteiger partial charge is 0.496 e. The van der Waals surface area contributed by atoms with Crippen molar-refractivity contribution in [2.24, 2.45) is 0 Å². The maximum Gasteiger partial charge on any atom is 0.207 e. The van der Waals surface area contributed by atoms with E-state index in [0.717, 1.165) is 15.6 Å². The molecule has 3 aromatic rings. The Morgan fingerprint density at radius 2 is 1.82 bits per heavy atom. The molecule has 4 atom stereocenters. The van der Waals surface area contributed by atoms with Gasteiger partial charge < -0.3 is 24.6 Å². The lowest BCUT2D eigenvalue weighted by Crippen LogP contribution is -2.55. The first-order chi connectivity index (χ1) is 16.0. The summed E-state index contributed by atoms with van der Waals surface area (Å²) in [7, 11) is 3.11. The van der Waals surface area contributed by atoms with Crippen molar-refractivity contribution in [3.63, 3.8) is 0 Å². The zero-order valence-electron chi connectivity index (χ0n) is 18.2. The number of carbonyl (C=O) groups is 1. The van der Waals surface area contributed by atoms with Gasteiger partial charge in [-0.25, -0.2) is 0 Å². The fourth-order valence-corrected chi connectivity index (χ4v) is 5.85. The normalized spacial score (nSPS) is 27.3. The molecule has 1 heterocycles. The van der Waals surface area contributed by atoms with Gasteiger partial charge in [-0.05, 0) is 29.7 Å². The minimum atomic E-state index is -1.60. The first-order valence-electron chi connectivity index (χ1n) is 10.7. The fourth-order valence-electron chi connectivity index (χ4n) is 5.58. The van der Waals surface area contributed by atoms with Gasteiger partial charge in [0.25, 0.3) is 0 Å². The smallest absolute Gasteiger partial charge is 0.207 e. The van der Waals surface area contributed by atoms with Crippen molar-refractivity contribution >= 4 is 22.3 Å². The molecule has 1 aliphatic carbocycles. The Morgan fingerprint density at radius 3 is 2.45 bits per heavy atom. The third kappa shape index (κ3) is 2.99. The van der Waals surface area contributed by atoms with Crippen LogP contribution in [0.3, 0.4) is 0 Å². The van der Waals surface area contributed by atoms with Crippen LogP contribution < -0.4 is 19.5 Å². The number of ether oxygens (including phenoxy) is 3. The van der Waals surface area contributed by atoms with E-state index in [4.69, 9.17) is 14.2 Å². The van der Waals surface area contributed by atoms with Crippen LogP contribution in [0.15, 0.2) is 71.2 Å². The lowest BCUT2D eigenvalue weighted by molar-refractivity contribution is -0.126. The van der Waals surface area contributed by atoms with Gasteiger partial charge in [-0.15, -0.1) is 0 Å². The van der Waals surface area contributed by atoms with E-state index in [9.17, 15) is 9.90 Å². The Bertz CT molecular complexity index is 1190. The molecular formula is C26H24BrNO5. The van der Waals surface area contributed by atoms with E-state index < -0.39 is 17.2 Å². The van der Waals surface area contributed by atoms with Crippen LogP contribution in [-0.2, 0) is 16.0 Å². The third-order valence-electron chi connectivity index (χ3n) is 6.92. The predicted molar refractivity (Wildman–Crippen MR) is 127 cm³/mol. The first kappa shape index (κ1) is 21.8. The van der Waals surface area contributed by atoms with Gasteiger partial charge in [-0.3, -0.25) is 4.79 Å². The summed E-state index contributed by atoms with van der Waals surface area (Å²) < 4.78 is 18.9. The second kappa shape index (κ2) is 8.08. The summed E-state index contributed by atoms with van der Waals surface area (Å²) in [6.07, 6.45) is 1.11. The van der Waals surface area contributed by atoms with E-state index in [-0.39, 0.29) is 5.92 Å². The highest BCUT2D eigenvalue weighted by Crippen LogP contribution is 2.68. The van der Waals surface area contributed by atoms with Crippen LogP contribution in [0.2, 0.25) is 0 Å². The van der Waals surface area contributed by atoms with E-state index in [1.54, 1.807) is 26.4 Å². The topological polar surface area (TPSA) is 77.0 Å². The molecule has 33 heavy (non-hydrogen) atoms. The SMILES string of the molecule is COc1cc(OC)c2c(c1)O[C@]1(c3ccc(Br)cc3)[C@@H](c3ccccc3)C[C@@H](NC=O)[C@]21O. The molecule has 1 saturated carbocycles. The average Bonchev–Trinajstić information content (AvgIpc) is 3.25. The molecule has 0 bridgehead atoms. The van der Waals surface area contributed by atoms with E-state index >= 15 is 0 Å². The number of rotatable bonds is 6.